The van der Waals surface area contributed by atoms with E-state index >= 15 is 0 Å². The number of hydrogen-bond acceptors (Lipinski definition) is 2. The normalized spacial score (nSPS) is 12.7. The number of rotatable bonds is 3. The maximum absolute atomic E-state index is 14.6. The first kappa shape index (κ1) is 18.7. The van der Waals surface area contributed by atoms with E-state index in [2.05, 4.69) is 0 Å². The van der Waals surface area contributed by atoms with Crippen LogP contribution < -0.4 is 0 Å². The molecule has 130 valence electrons. The fraction of sp³-hybridized carbons (Fsp3) is 0.250. The van der Waals surface area contributed by atoms with Crippen molar-refractivity contribution in [2.24, 2.45) is 0 Å². The smallest absolute Gasteiger partial charge is 0.214 e. The topological polar surface area (TPSA) is 34.1 Å². The predicted molar refractivity (Wildman–Crippen MR) is 84.2 cm³/mol. The highest BCUT2D eigenvalue weighted by Crippen LogP contribution is 2.37. The van der Waals surface area contributed by atoms with Crippen LogP contribution in [-0.2, 0) is 9.84 Å². The molecule has 2 aromatic rings. The van der Waals surface area contributed by atoms with Crippen molar-refractivity contribution in [3.8, 4) is 11.1 Å². The van der Waals surface area contributed by atoms with Crippen molar-refractivity contribution in [3.63, 3.8) is 0 Å². The molecular formula is C16H13ClF4O2S. The van der Waals surface area contributed by atoms with Gasteiger partial charge in [-0.3, -0.25) is 0 Å². The van der Waals surface area contributed by atoms with E-state index in [1.165, 1.54) is 12.1 Å². The Bertz CT molecular complexity index is 874. The second-order valence-corrected chi connectivity index (χ2v) is 7.80. The van der Waals surface area contributed by atoms with E-state index in [0.29, 0.717) is 5.56 Å². The Morgan fingerprint density at radius 1 is 1.04 bits per heavy atom. The summed E-state index contributed by atoms with van der Waals surface area (Å²) in [4.78, 5) is -0.983. The summed E-state index contributed by atoms with van der Waals surface area (Å²) in [5.74, 6) is -0.804. The molecule has 0 aliphatic rings. The summed E-state index contributed by atoms with van der Waals surface area (Å²) < 4.78 is 75.8. The first-order chi connectivity index (χ1) is 11.0. The van der Waals surface area contributed by atoms with Crippen LogP contribution in [0.25, 0.3) is 11.1 Å². The lowest BCUT2D eigenvalue weighted by Gasteiger charge is -2.14. The number of benzene rings is 2. The minimum absolute atomic E-state index is 0.0454. The van der Waals surface area contributed by atoms with Crippen molar-refractivity contribution >= 4 is 21.4 Å². The summed E-state index contributed by atoms with van der Waals surface area (Å²) in [6.07, 6.45) is 0. The van der Waals surface area contributed by atoms with Crippen molar-refractivity contribution in [2.45, 2.75) is 30.2 Å². The number of halogens is 5. The number of hydrogen-bond donors (Lipinski definition) is 0. The zero-order chi connectivity index (χ0) is 18.3. The molecule has 0 aliphatic carbocycles. The van der Waals surface area contributed by atoms with Crippen LogP contribution in [0.2, 0.25) is 5.02 Å². The van der Waals surface area contributed by atoms with Crippen molar-refractivity contribution in [1.82, 2.24) is 0 Å². The lowest BCUT2D eigenvalue weighted by molar-refractivity contribution is -0.0435. The molecule has 0 saturated heterocycles. The molecule has 0 atom stereocenters. The van der Waals surface area contributed by atoms with Crippen molar-refractivity contribution < 1.29 is 26.0 Å². The summed E-state index contributed by atoms with van der Waals surface area (Å²) in [5, 5.41) is -0.0454. The largest absolute Gasteiger partial charge is 0.501 e. The van der Waals surface area contributed by atoms with Gasteiger partial charge in [0, 0.05) is 16.1 Å². The van der Waals surface area contributed by atoms with E-state index in [4.69, 9.17) is 11.6 Å². The Hall–Kier alpha value is -1.60. The second-order valence-electron chi connectivity index (χ2n) is 5.45. The van der Waals surface area contributed by atoms with Gasteiger partial charge < -0.3 is 0 Å². The Kier molecular flexibility index (Phi) is 4.97. The molecule has 2 rings (SSSR count). The molecule has 0 bridgehead atoms. The summed E-state index contributed by atoms with van der Waals surface area (Å²) in [5.41, 5.74) is -5.25. The third-order valence-electron chi connectivity index (χ3n) is 3.49. The molecule has 0 spiro atoms. The molecule has 0 heterocycles. The Balaban J connectivity index is 2.70. The fourth-order valence-corrected chi connectivity index (χ4v) is 3.22. The standard InChI is InChI=1S/C16H13ClF4O2S/c1-9(2)11-4-3-5-12(15(11)18)13-8-10(6-7-14(13)17)24(22,23)16(19,20)21/h3-9H,1-2H3. The van der Waals surface area contributed by atoms with Gasteiger partial charge >= 0.3 is 5.51 Å². The summed E-state index contributed by atoms with van der Waals surface area (Å²) in [7, 11) is -5.54. The lowest BCUT2D eigenvalue weighted by atomic mass is 9.96. The van der Waals surface area contributed by atoms with E-state index in [1.54, 1.807) is 19.9 Å². The summed E-state index contributed by atoms with van der Waals surface area (Å²) in [6.45, 7) is 3.52. The monoisotopic (exact) mass is 380 g/mol. The maximum Gasteiger partial charge on any atom is 0.501 e. The molecule has 0 fully saturated rings. The van der Waals surface area contributed by atoms with Gasteiger partial charge in [-0.05, 0) is 29.7 Å². The quantitative estimate of drug-likeness (QED) is 0.653. The molecule has 0 amide bonds. The van der Waals surface area contributed by atoms with Gasteiger partial charge in [-0.1, -0.05) is 43.6 Å². The molecule has 24 heavy (non-hydrogen) atoms. The third kappa shape index (κ3) is 3.28. The van der Waals surface area contributed by atoms with Crippen LogP contribution in [0.3, 0.4) is 0 Å². The summed E-state index contributed by atoms with van der Waals surface area (Å²) >= 11 is 5.96. The Morgan fingerprint density at radius 2 is 1.67 bits per heavy atom. The van der Waals surface area contributed by atoms with E-state index in [9.17, 15) is 26.0 Å². The highest BCUT2D eigenvalue weighted by atomic mass is 35.5. The molecule has 0 aromatic heterocycles. The van der Waals surface area contributed by atoms with Gasteiger partial charge in [-0.15, -0.1) is 0 Å². The maximum atomic E-state index is 14.6. The van der Waals surface area contributed by atoms with Crippen LogP contribution in [0.1, 0.15) is 25.3 Å². The first-order valence-electron chi connectivity index (χ1n) is 6.86. The number of sulfone groups is 1. The third-order valence-corrected chi connectivity index (χ3v) is 5.31. The highest BCUT2D eigenvalue weighted by Gasteiger charge is 2.47. The molecular weight excluding hydrogens is 368 g/mol. The van der Waals surface area contributed by atoms with Crippen molar-refractivity contribution in [3.05, 3.63) is 52.8 Å². The van der Waals surface area contributed by atoms with Crippen LogP contribution in [-0.4, -0.2) is 13.9 Å². The average Bonchev–Trinajstić information content (AvgIpc) is 2.46. The van der Waals surface area contributed by atoms with Gasteiger partial charge in [0.1, 0.15) is 5.82 Å². The van der Waals surface area contributed by atoms with Crippen LogP contribution in [0, 0.1) is 5.82 Å². The van der Waals surface area contributed by atoms with Gasteiger partial charge in [0.15, 0.2) is 0 Å². The molecule has 2 nitrogen and oxygen atoms in total. The minimum atomic E-state index is -5.54. The van der Waals surface area contributed by atoms with Crippen LogP contribution >= 0.6 is 11.6 Å². The highest BCUT2D eigenvalue weighted by molar-refractivity contribution is 7.92. The lowest BCUT2D eigenvalue weighted by Crippen LogP contribution is -2.23. The van der Waals surface area contributed by atoms with E-state index < -0.39 is 26.1 Å². The van der Waals surface area contributed by atoms with Gasteiger partial charge in [0.05, 0.1) is 4.90 Å². The van der Waals surface area contributed by atoms with Crippen LogP contribution in [0.4, 0.5) is 17.6 Å². The van der Waals surface area contributed by atoms with Gasteiger partial charge in [0.2, 0.25) is 0 Å². The fourth-order valence-electron chi connectivity index (χ4n) is 2.22. The predicted octanol–water partition coefficient (Wildman–Crippen LogP) is 5.56. The molecule has 2 aromatic carbocycles. The number of alkyl halides is 3. The van der Waals surface area contributed by atoms with Gasteiger partial charge in [-0.2, -0.15) is 13.2 Å². The molecule has 0 aliphatic heterocycles. The molecule has 0 N–H and O–H groups in total. The van der Waals surface area contributed by atoms with E-state index in [0.717, 1.165) is 18.2 Å². The van der Waals surface area contributed by atoms with E-state index in [1.807, 2.05) is 0 Å². The van der Waals surface area contributed by atoms with Gasteiger partial charge in [-0.25, -0.2) is 12.8 Å². The SMILES string of the molecule is CC(C)c1cccc(-c2cc(S(=O)(=O)C(F)(F)F)ccc2Cl)c1F. The van der Waals surface area contributed by atoms with E-state index in [-0.39, 0.29) is 22.1 Å². The molecule has 8 heteroatoms. The molecule has 0 saturated carbocycles. The van der Waals surface area contributed by atoms with Crippen molar-refractivity contribution in [2.75, 3.05) is 0 Å². The Labute approximate surface area is 142 Å². The molecule has 0 unspecified atom stereocenters. The van der Waals surface area contributed by atoms with Gasteiger partial charge in [0.25, 0.3) is 9.84 Å². The second kappa shape index (κ2) is 6.37. The average molecular weight is 381 g/mol. The zero-order valence-corrected chi connectivity index (χ0v) is 14.2. The first-order valence-corrected chi connectivity index (χ1v) is 8.72. The van der Waals surface area contributed by atoms with Crippen LogP contribution in [0.5, 0.6) is 0 Å². The van der Waals surface area contributed by atoms with Crippen LogP contribution in [0.15, 0.2) is 41.3 Å². The Morgan fingerprint density at radius 3 is 2.21 bits per heavy atom. The zero-order valence-electron chi connectivity index (χ0n) is 12.7. The minimum Gasteiger partial charge on any atom is -0.214 e. The molecule has 0 radical (unpaired) electrons. The van der Waals surface area contributed by atoms with Crippen molar-refractivity contribution in [1.29, 1.82) is 0 Å². The summed E-state index contributed by atoms with van der Waals surface area (Å²) in [6, 6.07) is 6.93.